The number of aryl methyl sites for hydroxylation is 2. The number of anilines is 1. The summed E-state index contributed by atoms with van der Waals surface area (Å²) in [6, 6.07) is 9.01. The van der Waals surface area contributed by atoms with Crippen LogP contribution in [0.25, 0.3) is 0 Å². The van der Waals surface area contributed by atoms with Crippen molar-refractivity contribution in [1.29, 1.82) is 0 Å². The van der Waals surface area contributed by atoms with Crippen LogP contribution in [-0.4, -0.2) is 6.04 Å². The smallest absolute Gasteiger partial charge is 0.123 e. The summed E-state index contributed by atoms with van der Waals surface area (Å²) >= 11 is 0. The van der Waals surface area contributed by atoms with Gasteiger partial charge in [0, 0.05) is 18.2 Å². The van der Waals surface area contributed by atoms with Crippen molar-refractivity contribution in [2.75, 3.05) is 5.32 Å². The quantitative estimate of drug-likeness (QED) is 0.858. The molecule has 0 aliphatic heterocycles. The van der Waals surface area contributed by atoms with E-state index in [1.165, 1.54) is 6.07 Å². The second kappa shape index (κ2) is 5.71. The average molecular weight is 247 g/mol. The number of hydrogen-bond acceptors (Lipinski definition) is 2. The van der Waals surface area contributed by atoms with Gasteiger partial charge in [-0.1, -0.05) is 0 Å². The van der Waals surface area contributed by atoms with Crippen molar-refractivity contribution >= 4 is 5.69 Å². The molecule has 2 nitrogen and oxygen atoms in total. The van der Waals surface area contributed by atoms with Gasteiger partial charge in [0.15, 0.2) is 0 Å². The molecule has 0 spiro atoms. The van der Waals surface area contributed by atoms with Crippen LogP contribution in [0.2, 0.25) is 0 Å². The molecule has 0 radical (unpaired) electrons. The molecule has 0 saturated carbocycles. The fourth-order valence-electron chi connectivity index (χ4n) is 1.94. The van der Waals surface area contributed by atoms with Crippen LogP contribution in [0.1, 0.15) is 24.7 Å². The van der Waals surface area contributed by atoms with Crippen LogP contribution in [0, 0.1) is 12.7 Å². The minimum Gasteiger partial charge on any atom is -0.469 e. The van der Waals surface area contributed by atoms with Gasteiger partial charge >= 0.3 is 0 Å². The van der Waals surface area contributed by atoms with Crippen LogP contribution in [0.3, 0.4) is 0 Å². The zero-order valence-corrected chi connectivity index (χ0v) is 10.7. The number of nitrogens with one attached hydrogen (secondary N) is 1. The predicted octanol–water partition coefficient (Wildman–Crippen LogP) is 4.16. The molecule has 0 amide bonds. The molecule has 0 aliphatic carbocycles. The lowest BCUT2D eigenvalue weighted by Gasteiger charge is -2.16. The van der Waals surface area contributed by atoms with E-state index in [4.69, 9.17) is 4.42 Å². The van der Waals surface area contributed by atoms with Gasteiger partial charge in [-0.05, 0) is 56.2 Å². The number of rotatable bonds is 5. The summed E-state index contributed by atoms with van der Waals surface area (Å²) in [5.41, 5.74) is 1.92. The van der Waals surface area contributed by atoms with E-state index >= 15 is 0 Å². The summed E-state index contributed by atoms with van der Waals surface area (Å²) in [6.07, 6.45) is 3.57. The van der Waals surface area contributed by atoms with E-state index in [1.807, 2.05) is 19.1 Å². The first-order valence-electron chi connectivity index (χ1n) is 6.20. The second-order valence-electron chi connectivity index (χ2n) is 4.62. The first-order chi connectivity index (χ1) is 8.65. The SMILES string of the molecule is Cc1cc(F)ccc1NC(C)CCc1ccco1. The molecule has 1 aromatic carbocycles. The lowest BCUT2D eigenvalue weighted by atomic mass is 10.1. The maximum atomic E-state index is 13.0. The maximum absolute atomic E-state index is 13.0. The van der Waals surface area contributed by atoms with Crippen LogP contribution in [0.5, 0.6) is 0 Å². The molecule has 3 heteroatoms. The van der Waals surface area contributed by atoms with Crippen molar-refractivity contribution in [3.63, 3.8) is 0 Å². The average Bonchev–Trinajstić information content (AvgIpc) is 2.83. The van der Waals surface area contributed by atoms with Gasteiger partial charge in [0.25, 0.3) is 0 Å². The molecule has 1 N–H and O–H groups in total. The number of benzene rings is 1. The van der Waals surface area contributed by atoms with Crippen LogP contribution in [-0.2, 0) is 6.42 Å². The number of furan rings is 1. The maximum Gasteiger partial charge on any atom is 0.123 e. The standard InChI is InChI=1S/C15H18FNO/c1-11-10-13(16)6-8-15(11)17-12(2)5-7-14-4-3-9-18-14/h3-4,6,8-10,12,17H,5,7H2,1-2H3. The molecule has 1 atom stereocenters. The van der Waals surface area contributed by atoms with E-state index in [-0.39, 0.29) is 5.82 Å². The largest absolute Gasteiger partial charge is 0.469 e. The fourth-order valence-corrected chi connectivity index (χ4v) is 1.94. The minimum atomic E-state index is -0.193. The van der Waals surface area contributed by atoms with Gasteiger partial charge < -0.3 is 9.73 Å². The van der Waals surface area contributed by atoms with E-state index in [0.29, 0.717) is 6.04 Å². The molecule has 0 bridgehead atoms. The van der Waals surface area contributed by atoms with Crippen LogP contribution < -0.4 is 5.32 Å². The molecule has 0 saturated heterocycles. The third-order valence-corrected chi connectivity index (χ3v) is 2.99. The first kappa shape index (κ1) is 12.7. The van der Waals surface area contributed by atoms with Crippen LogP contribution >= 0.6 is 0 Å². The van der Waals surface area contributed by atoms with Gasteiger partial charge in [-0.3, -0.25) is 0 Å². The Bertz CT molecular complexity index is 493. The Hall–Kier alpha value is -1.77. The fraction of sp³-hybridized carbons (Fsp3) is 0.333. The molecular weight excluding hydrogens is 229 g/mol. The molecule has 1 unspecified atom stereocenters. The Morgan fingerprint density at radius 1 is 1.33 bits per heavy atom. The molecule has 0 fully saturated rings. The van der Waals surface area contributed by atoms with Crippen molar-refractivity contribution in [2.45, 2.75) is 32.7 Å². The van der Waals surface area contributed by atoms with E-state index < -0.39 is 0 Å². The Morgan fingerprint density at radius 2 is 2.17 bits per heavy atom. The van der Waals surface area contributed by atoms with E-state index in [9.17, 15) is 4.39 Å². The highest BCUT2D eigenvalue weighted by atomic mass is 19.1. The lowest BCUT2D eigenvalue weighted by molar-refractivity contribution is 0.495. The second-order valence-corrected chi connectivity index (χ2v) is 4.62. The summed E-state index contributed by atoms with van der Waals surface area (Å²) in [6.45, 7) is 4.02. The van der Waals surface area contributed by atoms with Crippen LogP contribution in [0.15, 0.2) is 41.0 Å². The van der Waals surface area contributed by atoms with Gasteiger partial charge in [0.1, 0.15) is 11.6 Å². The highest BCUT2D eigenvalue weighted by Crippen LogP contribution is 2.18. The Balaban J connectivity index is 1.88. The van der Waals surface area contributed by atoms with E-state index in [2.05, 4.69) is 12.2 Å². The molecule has 2 rings (SSSR count). The zero-order valence-electron chi connectivity index (χ0n) is 10.7. The Kier molecular flexibility index (Phi) is 4.03. The molecule has 2 aromatic rings. The summed E-state index contributed by atoms with van der Waals surface area (Å²) in [7, 11) is 0. The zero-order chi connectivity index (χ0) is 13.0. The van der Waals surface area contributed by atoms with Gasteiger partial charge in [-0.25, -0.2) is 4.39 Å². The molecule has 96 valence electrons. The highest BCUT2D eigenvalue weighted by Gasteiger charge is 2.06. The van der Waals surface area contributed by atoms with Crippen molar-refractivity contribution in [2.24, 2.45) is 0 Å². The lowest BCUT2D eigenvalue weighted by Crippen LogP contribution is -2.16. The minimum absolute atomic E-state index is 0.193. The highest BCUT2D eigenvalue weighted by molar-refractivity contribution is 5.51. The summed E-state index contributed by atoms with van der Waals surface area (Å²) in [5.74, 6) is 0.806. The van der Waals surface area contributed by atoms with Crippen molar-refractivity contribution in [1.82, 2.24) is 0 Å². The molecule has 1 aromatic heterocycles. The third-order valence-electron chi connectivity index (χ3n) is 2.99. The molecule has 0 aliphatic rings. The van der Waals surface area contributed by atoms with E-state index in [0.717, 1.165) is 29.9 Å². The third kappa shape index (κ3) is 3.36. The van der Waals surface area contributed by atoms with Gasteiger partial charge in [-0.2, -0.15) is 0 Å². The molecule has 18 heavy (non-hydrogen) atoms. The topological polar surface area (TPSA) is 25.2 Å². The van der Waals surface area contributed by atoms with Gasteiger partial charge in [0.2, 0.25) is 0 Å². The summed E-state index contributed by atoms with van der Waals surface area (Å²) in [5, 5.41) is 3.39. The van der Waals surface area contributed by atoms with Gasteiger partial charge in [0.05, 0.1) is 6.26 Å². The van der Waals surface area contributed by atoms with Gasteiger partial charge in [-0.15, -0.1) is 0 Å². The normalized spacial score (nSPS) is 12.4. The number of hydrogen-bond donors (Lipinski definition) is 1. The predicted molar refractivity (Wildman–Crippen MR) is 71.3 cm³/mol. The number of halogens is 1. The first-order valence-corrected chi connectivity index (χ1v) is 6.20. The van der Waals surface area contributed by atoms with Crippen LogP contribution in [0.4, 0.5) is 10.1 Å². The van der Waals surface area contributed by atoms with Crippen molar-refractivity contribution in [3.05, 3.63) is 53.7 Å². The molecular formula is C15H18FNO. The summed E-state index contributed by atoms with van der Waals surface area (Å²) < 4.78 is 18.3. The Labute approximate surface area is 107 Å². The molecule has 1 heterocycles. The monoisotopic (exact) mass is 247 g/mol. The van der Waals surface area contributed by atoms with Crippen molar-refractivity contribution < 1.29 is 8.81 Å². The summed E-state index contributed by atoms with van der Waals surface area (Å²) in [4.78, 5) is 0. The van der Waals surface area contributed by atoms with Crippen molar-refractivity contribution in [3.8, 4) is 0 Å². The Morgan fingerprint density at radius 3 is 2.83 bits per heavy atom. The van der Waals surface area contributed by atoms with E-state index in [1.54, 1.807) is 18.4 Å².